The van der Waals surface area contributed by atoms with Crippen LogP contribution in [0.1, 0.15) is 5.56 Å². The predicted octanol–water partition coefficient (Wildman–Crippen LogP) is 2.11. The molecule has 1 aromatic heterocycles. The van der Waals surface area contributed by atoms with Gasteiger partial charge in [-0.15, -0.1) is 12.4 Å². The second-order valence-electron chi connectivity index (χ2n) is 2.73. The summed E-state index contributed by atoms with van der Waals surface area (Å²) in [5.41, 5.74) is 6.81. The van der Waals surface area contributed by atoms with Gasteiger partial charge in [-0.2, -0.15) is 5.26 Å². The van der Waals surface area contributed by atoms with Crippen LogP contribution in [0.15, 0.2) is 30.3 Å². The molecule has 0 spiro atoms. The number of nitrogens with zero attached hydrogens (tertiary/aromatic N) is 2. The zero-order chi connectivity index (χ0) is 9.26. The van der Waals surface area contributed by atoms with Crippen molar-refractivity contribution in [1.29, 1.82) is 5.26 Å². The smallest absolute Gasteiger partial charge is 0.142 e. The maximum atomic E-state index is 8.71. The summed E-state index contributed by atoms with van der Waals surface area (Å²) in [4.78, 5) is 4.10. The van der Waals surface area contributed by atoms with Gasteiger partial charge in [-0.05, 0) is 12.1 Å². The van der Waals surface area contributed by atoms with Gasteiger partial charge in [-0.25, -0.2) is 4.98 Å². The van der Waals surface area contributed by atoms with Gasteiger partial charge in [0.25, 0.3) is 0 Å². The van der Waals surface area contributed by atoms with Crippen molar-refractivity contribution in [3.8, 4) is 6.07 Å². The lowest BCUT2D eigenvalue weighted by Gasteiger charge is -1.99. The SMILES string of the molecule is Cl.N#Cc1cc2ccccc2nc1N. The van der Waals surface area contributed by atoms with Gasteiger partial charge < -0.3 is 5.73 Å². The molecule has 0 radical (unpaired) electrons. The number of benzene rings is 1. The van der Waals surface area contributed by atoms with Crippen LogP contribution in [-0.4, -0.2) is 4.98 Å². The molecule has 0 amide bonds. The number of pyridine rings is 1. The first-order chi connectivity index (χ1) is 6.31. The van der Waals surface area contributed by atoms with Crippen LogP contribution in [0.2, 0.25) is 0 Å². The number of rotatable bonds is 0. The van der Waals surface area contributed by atoms with Crippen molar-refractivity contribution in [2.75, 3.05) is 5.73 Å². The van der Waals surface area contributed by atoms with Gasteiger partial charge in [-0.3, -0.25) is 0 Å². The van der Waals surface area contributed by atoms with Gasteiger partial charge in [-0.1, -0.05) is 18.2 Å². The third-order valence-corrected chi connectivity index (χ3v) is 1.87. The summed E-state index contributed by atoms with van der Waals surface area (Å²) in [5.74, 6) is 0.293. The van der Waals surface area contributed by atoms with Gasteiger partial charge in [0.2, 0.25) is 0 Å². The number of hydrogen-bond donors (Lipinski definition) is 1. The molecule has 0 aliphatic rings. The van der Waals surface area contributed by atoms with Crippen molar-refractivity contribution in [3.63, 3.8) is 0 Å². The van der Waals surface area contributed by atoms with E-state index in [0.717, 1.165) is 10.9 Å². The van der Waals surface area contributed by atoms with E-state index >= 15 is 0 Å². The Hall–Kier alpha value is -1.79. The molecule has 0 fully saturated rings. The molecule has 14 heavy (non-hydrogen) atoms. The van der Waals surface area contributed by atoms with E-state index in [1.54, 1.807) is 6.07 Å². The Morgan fingerprint density at radius 3 is 2.71 bits per heavy atom. The van der Waals surface area contributed by atoms with Crippen LogP contribution in [0.4, 0.5) is 5.82 Å². The highest BCUT2D eigenvalue weighted by Crippen LogP contribution is 2.16. The normalized spacial score (nSPS) is 9.07. The van der Waals surface area contributed by atoms with E-state index in [-0.39, 0.29) is 12.4 Å². The van der Waals surface area contributed by atoms with Crippen LogP contribution in [0.3, 0.4) is 0 Å². The Kier molecular flexibility index (Phi) is 2.90. The van der Waals surface area contributed by atoms with Crippen LogP contribution < -0.4 is 5.73 Å². The average molecular weight is 206 g/mol. The lowest BCUT2D eigenvalue weighted by Crippen LogP contribution is -1.94. The topological polar surface area (TPSA) is 62.7 Å². The lowest BCUT2D eigenvalue weighted by atomic mass is 10.1. The largest absolute Gasteiger partial charge is 0.383 e. The first-order valence-electron chi connectivity index (χ1n) is 3.86. The second-order valence-corrected chi connectivity index (χ2v) is 2.73. The highest BCUT2D eigenvalue weighted by Gasteiger charge is 2.01. The third-order valence-electron chi connectivity index (χ3n) is 1.87. The number of halogens is 1. The van der Waals surface area contributed by atoms with Gasteiger partial charge in [0.1, 0.15) is 11.9 Å². The average Bonchev–Trinajstić information content (AvgIpc) is 2.17. The Labute approximate surface area is 87.6 Å². The third kappa shape index (κ3) is 1.61. The molecule has 1 aromatic carbocycles. The van der Waals surface area contributed by atoms with Crippen LogP contribution in [0, 0.1) is 11.3 Å². The van der Waals surface area contributed by atoms with Crippen LogP contribution in [0.5, 0.6) is 0 Å². The molecular weight excluding hydrogens is 198 g/mol. The summed E-state index contributed by atoms with van der Waals surface area (Å²) in [6, 6.07) is 11.3. The first-order valence-corrected chi connectivity index (χ1v) is 3.86. The molecule has 2 N–H and O–H groups in total. The zero-order valence-electron chi connectivity index (χ0n) is 7.27. The van der Waals surface area contributed by atoms with Gasteiger partial charge in [0, 0.05) is 5.39 Å². The minimum Gasteiger partial charge on any atom is -0.383 e. The molecule has 1 heterocycles. The molecule has 4 heteroatoms. The number of aromatic nitrogens is 1. The molecule has 0 aliphatic heterocycles. The summed E-state index contributed by atoms with van der Waals surface area (Å²) in [6.07, 6.45) is 0. The summed E-state index contributed by atoms with van der Waals surface area (Å²) in [7, 11) is 0. The van der Waals surface area contributed by atoms with Crippen molar-refractivity contribution in [1.82, 2.24) is 4.98 Å². The first kappa shape index (κ1) is 10.3. The number of nitrogens with two attached hydrogens (primary N) is 1. The van der Waals surface area contributed by atoms with E-state index in [0.29, 0.717) is 11.4 Å². The molecule has 0 bridgehead atoms. The molecule has 0 atom stereocenters. The molecule has 0 saturated heterocycles. The summed E-state index contributed by atoms with van der Waals surface area (Å²) < 4.78 is 0. The highest BCUT2D eigenvalue weighted by atomic mass is 35.5. The van der Waals surface area contributed by atoms with Crippen molar-refractivity contribution in [2.45, 2.75) is 0 Å². The standard InChI is InChI=1S/C10H7N3.ClH/c11-6-8-5-7-3-1-2-4-9(7)13-10(8)12;/h1-5H,(H2,12,13);1H. The zero-order valence-corrected chi connectivity index (χ0v) is 8.08. The Balaban J connectivity index is 0.000000980. The molecule has 0 saturated carbocycles. The van der Waals surface area contributed by atoms with Crippen LogP contribution in [0.25, 0.3) is 10.9 Å². The van der Waals surface area contributed by atoms with E-state index in [2.05, 4.69) is 4.98 Å². The minimum absolute atomic E-state index is 0. The fourth-order valence-corrected chi connectivity index (χ4v) is 1.22. The number of fused-ring (bicyclic) bond motifs is 1. The number of nitrogen functional groups attached to an aromatic ring is 1. The molecule has 0 unspecified atom stereocenters. The molecule has 3 nitrogen and oxygen atoms in total. The van der Waals surface area contributed by atoms with E-state index in [9.17, 15) is 0 Å². The van der Waals surface area contributed by atoms with Crippen LogP contribution in [-0.2, 0) is 0 Å². The Morgan fingerprint density at radius 1 is 1.29 bits per heavy atom. The molecule has 2 rings (SSSR count). The quantitative estimate of drug-likeness (QED) is 0.717. The minimum atomic E-state index is 0. The van der Waals surface area contributed by atoms with Gasteiger partial charge >= 0.3 is 0 Å². The molecule has 0 aliphatic carbocycles. The number of hydrogen-bond acceptors (Lipinski definition) is 3. The maximum Gasteiger partial charge on any atom is 0.142 e. The predicted molar refractivity (Wildman–Crippen MR) is 58.1 cm³/mol. The fraction of sp³-hybridized carbons (Fsp3) is 0. The van der Waals surface area contributed by atoms with E-state index in [1.807, 2.05) is 30.3 Å². The van der Waals surface area contributed by atoms with E-state index in [4.69, 9.17) is 11.0 Å². The van der Waals surface area contributed by atoms with Crippen molar-refractivity contribution < 1.29 is 0 Å². The van der Waals surface area contributed by atoms with Crippen molar-refractivity contribution >= 4 is 29.1 Å². The number of para-hydroxylation sites is 1. The molecular formula is C10H8ClN3. The second kappa shape index (κ2) is 3.95. The maximum absolute atomic E-state index is 8.71. The van der Waals surface area contributed by atoms with E-state index in [1.165, 1.54) is 0 Å². The Bertz CT molecular complexity index is 502. The van der Waals surface area contributed by atoms with E-state index < -0.39 is 0 Å². The summed E-state index contributed by atoms with van der Waals surface area (Å²) >= 11 is 0. The lowest BCUT2D eigenvalue weighted by molar-refractivity contribution is 1.38. The Morgan fingerprint density at radius 2 is 2.00 bits per heavy atom. The van der Waals surface area contributed by atoms with Crippen molar-refractivity contribution in [3.05, 3.63) is 35.9 Å². The fourth-order valence-electron chi connectivity index (χ4n) is 1.22. The van der Waals surface area contributed by atoms with Gasteiger partial charge in [0.15, 0.2) is 0 Å². The molecule has 70 valence electrons. The summed E-state index contributed by atoms with van der Waals surface area (Å²) in [6.45, 7) is 0. The molecule has 2 aromatic rings. The van der Waals surface area contributed by atoms with Crippen molar-refractivity contribution in [2.24, 2.45) is 0 Å². The summed E-state index contributed by atoms with van der Waals surface area (Å²) in [5, 5.41) is 9.65. The van der Waals surface area contributed by atoms with Gasteiger partial charge in [0.05, 0.1) is 11.1 Å². The number of anilines is 1. The number of nitriles is 1. The highest BCUT2D eigenvalue weighted by molar-refractivity contribution is 5.85. The monoisotopic (exact) mass is 205 g/mol. The van der Waals surface area contributed by atoms with Crippen LogP contribution >= 0.6 is 12.4 Å².